The summed E-state index contributed by atoms with van der Waals surface area (Å²) in [6.07, 6.45) is 0. The third kappa shape index (κ3) is 4.07. The lowest BCUT2D eigenvalue weighted by atomic mass is 10.2. The average molecular weight is 368 g/mol. The SMILES string of the molecule is N#CCN(C(=O)CSc1nnc(-c2ccccc2F)o1)c1ccccc1. The van der Waals surface area contributed by atoms with E-state index in [0.29, 0.717) is 5.69 Å². The monoisotopic (exact) mass is 368 g/mol. The Morgan fingerprint density at radius 3 is 2.62 bits per heavy atom. The zero-order chi connectivity index (χ0) is 18.4. The van der Waals surface area contributed by atoms with Gasteiger partial charge in [-0.25, -0.2) is 4.39 Å². The second-order valence-corrected chi connectivity index (χ2v) is 6.04. The normalized spacial score (nSPS) is 10.3. The highest BCUT2D eigenvalue weighted by molar-refractivity contribution is 7.99. The Morgan fingerprint density at radius 2 is 1.88 bits per heavy atom. The summed E-state index contributed by atoms with van der Waals surface area (Å²) < 4.78 is 19.2. The second kappa shape index (κ2) is 8.27. The molecule has 0 aliphatic carbocycles. The van der Waals surface area contributed by atoms with Crippen LogP contribution in [0.15, 0.2) is 64.2 Å². The minimum Gasteiger partial charge on any atom is -0.411 e. The third-order valence-electron chi connectivity index (χ3n) is 3.43. The first-order valence-corrected chi connectivity index (χ1v) is 8.61. The van der Waals surface area contributed by atoms with Crippen molar-refractivity contribution in [1.82, 2.24) is 10.2 Å². The molecular formula is C18H13FN4O2S. The van der Waals surface area contributed by atoms with E-state index in [0.717, 1.165) is 11.8 Å². The van der Waals surface area contributed by atoms with E-state index < -0.39 is 5.82 Å². The van der Waals surface area contributed by atoms with Gasteiger partial charge in [-0.15, -0.1) is 10.2 Å². The summed E-state index contributed by atoms with van der Waals surface area (Å²) in [4.78, 5) is 13.8. The minimum atomic E-state index is -0.465. The van der Waals surface area contributed by atoms with Crippen LogP contribution in [-0.2, 0) is 4.79 Å². The van der Waals surface area contributed by atoms with Crippen LogP contribution in [0.2, 0.25) is 0 Å². The highest BCUT2D eigenvalue weighted by Gasteiger charge is 2.18. The second-order valence-electron chi connectivity index (χ2n) is 5.12. The molecule has 6 nitrogen and oxygen atoms in total. The molecule has 0 saturated carbocycles. The van der Waals surface area contributed by atoms with Gasteiger partial charge >= 0.3 is 0 Å². The van der Waals surface area contributed by atoms with E-state index in [1.54, 1.807) is 36.4 Å². The van der Waals surface area contributed by atoms with Crippen LogP contribution >= 0.6 is 11.8 Å². The highest BCUT2D eigenvalue weighted by Crippen LogP contribution is 2.25. The van der Waals surface area contributed by atoms with E-state index in [1.165, 1.54) is 17.0 Å². The molecule has 1 heterocycles. The molecule has 1 aromatic heterocycles. The number of anilines is 1. The van der Waals surface area contributed by atoms with E-state index >= 15 is 0 Å². The number of carbonyl (C=O) groups is 1. The Hall–Kier alpha value is -3.18. The molecule has 0 unspecified atom stereocenters. The molecule has 0 radical (unpaired) electrons. The van der Waals surface area contributed by atoms with Crippen molar-refractivity contribution in [2.24, 2.45) is 0 Å². The number of thioether (sulfide) groups is 1. The van der Waals surface area contributed by atoms with Gasteiger partial charge < -0.3 is 4.42 Å². The Morgan fingerprint density at radius 1 is 1.15 bits per heavy atom. The number of nitrogens with zero attached hydrogens (tertiary/aromatic N) is 4. The summed E-state index contributed by atoms with van der Waals surface area (Å²) in [5.74, 6) is -0.674. The Bertz CT molecular complexity index is 940. The number of benzene rings is 2. The van der Waals surface area contributed by atoms with Crippen LogP contribution in [0, 0.1) is 17.1 Å². The van der Waals surface area contributed by atoms with Crippen LogP contribution in [0.1, 0.15) is 0 Å². The minimum absolute atomic E-state index is 0.00940. The topological polar surface area (TPSA) is 83.0 Å². The van der Waals surface area contributed by atoms with Crippen molar-refractivity contribution in [3.63, 3.8) is 0 Å². The molecule has 0 aliphatic rings. The molecule has 26 heavy (non-hydrogen) atoms. The summed E-state index contributed by atoms with van der Waals surface area (Å²) in [7, 11) is 0. The van der Waals surface area contributed by atoms with Gasteiger partial charge in [0.25, 0.3) is 11.1 Å². The number of carbonyl (C=O) groups excluding carboxylic acids is 1. The van der Waals surface area contributed by atoms with Gasteiger partial charge in [0.05, 0.1) is 17.4 Å². The molecule has 0 N–H and O–H groups in total. The van der Waals surface area contributed by atoms with Gasteiger partial charge in [0.1, 0.15) is 12.4 Å². The van der Waals surface area contributed by atoms with Crippen molar-refractivity contribution in [2.75, 3.05) is 17.2 Å². The number of halogens is 1. The summed E-state index contributed by atoms with van der Waals surface area (Å²) >= 11 is 1.04. The summed E-state index contributed by atoms with van der Waals surface area (Å²) in [6, 6.07) is 17.0. The van der Waals surface area contributed by atoms with Gasteiger partial charge in [-0.1, -0.05) is 42.1 Å². The number of rotatable bonds is 6. The predicted molar refractivity (Wildman–Crippen MR) is 94.8 cm³/mol. The molecule has 130 valence electrons. The highest BCUT2D eigenvalue weighted by atomic mass is 32.2. The first-order chi connectivity index (χ1) is 12.7. The molecule has 0 aliphatic heterocycles. The Kier molecular flexibility index (Phi) is 5.61. The zero-order valence-corrected chi connectivity index (χ0v) is 14.3. The number of hydrogen-bond donors (Lipinski definition) is 0. The predicted octanol–water partition coefficient (Wildman–Crippen LogP) is 3.52. The zero-order valence-electron chi connectivity index (χ0n) is 13.5. The molecule has 0 spiro atoms. The first-order valence-electron chi connectivity index (χ1n) is 7.62. The summed E-state index contributed by atoms with van der Waals surface area (Å²) in [6.45, 7) is -0.0618. The van der Waals surface area contributed by atoms with Crippen LogP contribution in [-0.4, -0.2) is 28.4 Å². The number of aromatic nitrogens is 2. The largest absolute Gasteiger partial charge is 0.411 e. The Labute approximate surface area is 153 Å². The van der Waals surface area contributed by atoms with Gasteiger partial charge in [0.15, 0.2) is 0 Å². The maximum Gasteiger partial charge on any atom is 0.277 e. The summed E-state index contributed by atoms with van der Waals surface area (Å²) in [5, 5.41) is 16.8. The number of hydrogen-bond acceptors (Lipinski definition) is 6. The Balaban J connectivity index is 1.68. The van der Waals surface area contributed by atoms with E-state index in [2.05, 4.69) is 10.2 Å². The maximum atomic E-state index is 13.8. The van der Waals surface area contributed by atoms with Crippen molar-refractivity contribution in [1.29, 1.82) is 5.26 Å². The molecule has 2 aromatic carbocycles. The number of amides is 1. The third-order valence-corrected chi connectivity index (χ3v) is 4.23. The van der Waals surface area contributed by atoms with Crippen LogP contribution in [0.5, 0.6) is 0 Å². The van der Waals surface area contributed by atoms with Crippen LogP contribution in [0.4, 0.5) is 10.1 Å². The van der Waals surface area contributed by atoms with Gasteiger partial charge in [0, 0.05) is 5.69 Å². The van der Waals surface area contributed by atoms with Crippen LogP contribution in [0.3, 0.4) is 0 Å². The molecule has 0 saturated heterocycles. The van der Waals surface area contributed by atoms with Crippen molar-refractivity contribution in [3.8, 4) is 17.5 Å². The maximum absolute atomic E-state index is 13.8. The van der Waals surface area contributed by atoms with Crippen LogP contribution in [0.25, 0.3) is 11.5 Å². The fourth-order valence-electron chi connectivity index (χ4n) is 2.22. The lowest BCUT2D eigenvalue weighted by molar-refractivity contribution is -0.116. The lowest BCUT2D eigenvalue weighted by Crippen LogP contribution is -2.32. The van der Waals surface area contributed by atoms with E-state index in [9.17, 15) is 9.18 Å². The van der Waals surface area contributed by atoms with E-state index in [-0.39, 0.29) is 34.9 Å². The molecule has 0 fully saturated rings. The molecule has 8 heteroatoms. The average Bonchev–Trinajstić information content (AvgIpc) is 3.14. The van der Waals surface area contributed by atoms with Crippen LogP contribution < -0.4 is 4.90 Å². The fraction of sp³-hybridized carbons (Fsp3) is 0.111. The standard InChI is InChI=1S/C18H13FN4O2S/c19-15-9-5-4-8-14(15)17-21-22-18(25-17)26-12-16(24)23(11-10-20)13-6-2-1-3-7-13/h1-9H,11-12H2. The fourth-order valence-corrected chi connectivity index (χ4v) is 2.85. The quantitative estimate of drug-likeness (QED) is 0.489. The smallest absolute Gasteiger partial charge is 0.277 e. The first kappa shape index (κ1) is 17.6. The van der Waals surface area contributed by atoms with Crippen molar-refractivity contribution in [2.45, 2.75) is 5.22 Å². The van der Waals surface area contributed by atoms with E-state index in [1.807, 2.05) is 12.1 Å². The molecule has 3 aromatic rings. The molecule has 0 bridgehead atoms. The molecule has 1 amide bonds. The molecule has 0 atom stereocenters. The number of para-hydroxylation sites is 1. The van der Waals surface area contributed by atoms with Gasteiger partial charge in [-0.05, 0) is 24.3 Å². The van der Waals surface area contributed by atoms with Crippen molar-refractivity contribution < 1.29 is 13.6 Å². The van der Waals surface area contributed by atoms with Gasteiger partial charge in [-0.2, -0.15) is 5.26 Å². The van der Waals surface area contributed by atoms with Gasteiger partial charge in [-0.3, -0.25) is 9.69 Å². The van der Waals surface area contributed by atoms with Crippen molar-refractivity contribution >= 4 is 23.4 Å². The molecule has 3 rings (SSSR count). The number of nitriles is 1. The van der Waals surface area contributed by atoms with E-state index in [4.69, 9.17) is 9.68 Å². The summed E-state index contributed by atoms with van der Waals surface area (Å²) in [5.41, 5.74) is 0.839. The van der Waals surface area contributed by atoms with Gasteiger partial charge in [0.2, 0.25) is 5.91 Å². The molecular weight excluding hydrogens is 355 g/mol. The lowest BCUT2D eigenvalue weighted by Gasteiger charge is -2.18. The van der Waals surface area contributed by atoms with Crippen molar-refractivity contribution in [3.05, 3.63) is 60.4 Å².